The lowest BCUT2D eigenvalue weighted by atomic mass is 10.1. The second-order valence-electron chi connectivity index (χ2n) is 4.04. The summed E-state index contributed by atoms with van der Waals surface area (Å²) in [4.78, 5) is 10.5. The molecule has 0 unspecified atom stereocenters. The summed E-state index contributed by atoms with van der Waals surface area (Å²) in [5.41, 5.74) is 2.56. The van der Waals surface area contributed by atoms with E-state index in [1.54, 1.807) is 23.0 Å². The smallest absolute Gasteiger partial charge is 0.305 e. The van der Waals surface area contributed by atoms with E-state index < -0.39 is 5.97 Å². The minimum absolute atomic E-state index is 0.0317. The largest absolute Gasteiger partial charge is 0.481 e. The molecule has 0 aliphatic carbocycles. The van der Waals surface area contributed by atoms with E-state index in [2.05, 4.69) is 5.10 Å². The number of halogens is 1. The zero-order valence-corrected chi connectivity index (χ0v) is 9.93. The third-order valence-electron chi connectivity index (χ3n) is 2.66. The Labute approximate surface area is 104 Å². The molecule has 0 saturated carbocycles. The normalized spacial score (nSPS) is 10.6. The van der Waals surface area contributed by atoms with Gasteiger partial charge in [-0.25, -0.2) is 4.39 Å². The first-order chi connectivity index (χ1) is 8.56. The summed E-state index contributed by atoms with van der Waals surface area (Å²) in [6.45, 7) is 2.17. The summed E-state index contributed by atoms with van der Waals surface area (Å²) in [7, 11) is 0. The summed E-state index contributed by atoms with van der Waals surface area (Å²) < 4.78 is 14.4. The Morgan fingerprint density at radius 1 is 1.39 bits per heavy atom. The Morgan fingerprint density at radius 2 is 2.06 bits per heavy atom. The van der Waals surface area contributed by atoms with E-state index in [-0.39, 0.29) is 12.2 Å². The van der Waals surface area contributed by atoms with Crippen molar-refractivity contribution in [3.63, 3.8) is 0 Å². The van der Waals surface area contributed by atoms with E-state index in [1.807, 2.05) is 6.92 Å². The Hall–Kier alpha value is -2.17. The van der Waals surface area contributed by atoms with Crippen LogP contribution in [0.2, 0.25) is 0 Å². The molecule has 0 fully saturated rings. The van der Waals surface area contributed by atoms with Crippen LogP contribution < -0.4 is 0 Å². The van der Waals surface area contributed by atoms with E-state index in [4.69, 9.17) is 5.11 Å². The van der Waals surface area contributed by atoms with E-state index >= 15 is 0 Å². The lowest BCUT2D eigenvalue weighted by molar-refractivity contribution is -0.137. The molecule has 1 aromatic heterocycles. The van der Waals surface area contributed by atoms with Gasteiger partial charge in [0.1, 0.15) is 5.82 Å². The molecular formula is C13H13FN2O2. The maximum Gasteiger partial charge on any atom is 0.305 e. The van der Waals surface area contributed by atoms with Gasteiger partial charge in [0.25, 0.3) is 0 Å². The number of carboxylic acid groups (broad SMARTS) is 1. The van der Waals surface area contributed by atoms with Crippen LogP contribution in [0.5, 0.6) is 0 Å². The van der Waals surface area contributed by atoms with Crippen LogP contribution in [-0.4, -0.2) is 20.9 Å². The quantitative estimate of drug-likeness (QED) is 0.904. The summed E-state index contributed by atoms with van der Waals surface area (Å²) in [6, 6.07) is 6.15. The highest BCUT2D eigenvalue weighted by atomic mass is 19.1. The highest BCUT2D eigenvalue weighted by molar-refractivity contribution is 5.67. The van der Waals surface area contributed by atoms with Gasteiger partial charge in [-0.1, -0.05) is 12.1 Å². The van der Waals surface area contributed by atoms with Gasteiger partial charge >= 0.3 is 5.97 Å². The molecule has 0 bridgehead atoms. The van der Waals surface area contributed by atoms with Crippen LogP contribution in [0, 0.1) is 12.7 Å². The molecule has 0 saturated heterocycles. The fourth-order valence-electron chi connectivity index (χ4n) is 1.76. The standard InChI is InChI=1S/C13H13FN2O2/c1-9-12(10-2-4-11(14)5-3-10)8-16(15-9)7-6-13(17)18/h2-5,8H,6-7H2,1H3,(H,17,18). The van der Waals surface area contributed by atoms with Crippen LogP contribution >= 0.6 is 0 Å². The van der Waals surface area contributed by atoms with E-state index in [9.17, 15) is 9.18 Å². The monoisotopic (exact) mass is 248 g/mol. The number of hydrogen-bond acceptors (Lipinski definition) is 2. The zero-order chi connectivity index (χ0) is 13.1. The van der Waals surface area contributed by atoms with Gasteiger partial charge in [0.05, 0.1) is 18.7 Å². The number of carboxylic acids is 1. The molecule has 1 heterocycles. The number of benzene rings is 1. The number of aliphatic carboxylic acids is 1. The third kappa shape index (κ3) is 2.74. The van der Waals surface area contributed by atoms with Gasteiger partial charge in [0, 0.05) is 11.8 Å². The van der Waals surface area contributed by atoms with Crippen molar-refractivity contribution in [2.75, 3.05) is 0 Å². The fourth-order valence-corrected chi connectivity index (χ4v) is 1.76. The predicted molar refractivity (Wildman–Crippen MR) is 64.6 cm³/mol. The van der Waals surface area contributed by atoms with Crippen LogP contribution in [-0.2, 0) is 11.3 Å². The number of carbonyl (C=O) groups is 1. The fraction of sp³-hybridized carbons (Fsp3) is 0.231. The molecule has 0 radical (unpaired) electrons. The maximum absolute atomic E-state index is 12.8. The van der Waals surface area contributed by atoms with Crippen LogP contribution in [0.1, 0.15) is 12.1 Å². The molecule has 94 valence electrons. The average Bonchev–Trinajstić information content (AvgIpc) is 2.69. The van der Waals surface area contributed by atoms with Crippen LogP contribution in [0.15, 0.2) is 30.5 Å². The number of hydrogen-bond donors (Lipinski definition) is 1. The van der Waals surface area contributed by atoms with Crippen LogP contribution in [0.4, 0.5) is 4.39 Å². The third-order valence-corrected chi connectivity index (χ3v) is 2.66. The van der Waals surface area contributed by atoms with Crippen LogP contribution in [0.3, 0.4) is 0 Å². The molecule has 0 aliphatic heterocycles. The van der Waals surface area contributed by atoms with Gasteiger partial charge in [-0.3, -0.25) is 9.48 Å². The van der Waals surface area contributed by atoms with E-state index in [0.717, 1.165) is 16.8 Å². The lowest BCUT2D eigenvalue weighted by Gasteiger charge is -1.98. The molecular weight excluding hydrogens is 235 g/mol. The van der Waals surface area contributed by atoms with Crippen molar-refractivity contribution in [1.82, 2.24) is 9.78 Å². The number of nitrogens with zero attached hydrogens (tertiary/aromatic N) is 2. The van der Waals surface area contributed by atoms with Crippen LogP contribution in [0.25, 0.3) is 11.1 Å². The maximum atomic E-state index is 12.8. The van der Waals surface area contributed by atoms with Crippen molar-refractivity contribution in [1.29, 1.82) is 0 Å². The Balaban J connectivity index is 2.23. The van der Waals surface area contributed by atoms with Gasteiger partial charge in [-0.05, 0) is 24.6 Å². The van der Waals surface area contributed by atoms with Crippen molar-refractivity contribution >= 4 is 5.97 Å². The highest BCUT2D eigenvalue weighted by Crippen LogP contribution is 2.22. The Kier molecular flexibility index (Phi) is 3.41. The van der Waals surface area contributed by atoms with Gasteiger partial charge in [0.15, 0.2) is 0 Å². The lowest BCUT2D eigenvalue weighted by Crippen LogP contribution is -2.04. The van der Waals surface area contributed by atoms with Crippen molar-refractivity contribution < 1.29 is 14.3 Å². The molecule has 4 nitrogen and oxygen atoms in total. The van der Waals surface area contributed by atoms with Crippen molar-refractivity contribution in [3.8, 4) is 11.1 Å². The van der Waals surface area contributed by atoms with Crippen molar-refractivity contribution in [2.45, 2.75) is 19.9 Å². The molecule has 0 atom stereocenters. The van der Waals surface area contributed by atoms with E-state index in [0.29, 0.717) is 6.54 Å². The van der Waals surface area contributed by atoms with Gasteiger partial charge in [0.2, 0.25) is 0 Å². The first-order valence-electron chi connectivity index (χ1n) is 5.58. The molecule has 1 N–H and O–H groups in total. The Bertz CT molecular complexity index is 561. The molecule has 2 aromatic rings. The number of rotatable bonds is 4. The first-order valence-corrected chi connectivity index (χ1v) is 5.58. The topological polar surface area (TPSA) is 55.1 Å². The van der Waals surface area contributed by atoms with Crippen molar-refractivity contribution in [3.05, 3.63) is 42.0 Å². The summed E-state index contributed by atoms with van der Waals surface area (Å²) in [6.07, 6.45) is 1.81. The van der Waals surface area contributed by atoms with E-state index in [1.165, 1.54) is 12.1 Å². The minimum atomic E-state index is -0.855. The van der Waals surface area contributed by atoms with Gasteiger partial charge < -0.3 is 5.11 Å². The number of aryl methyl sites for hydroxylation is 2. The predicted octanol–water partition coefficient (Wildman–Crippen LogP) is 2.47. The van der Waals surface area contributed by atoms with Gasteiger partial charge in [-0.2, -0.15) is 5.10 Å². The SMILES string of the molecule is Cc1nn(CCC(=O)O)cc1-c1ccc(F)cc1. The van der Waals surface area contributed by atoms with Crippen molar-refractivity contribution in [2.24, 2.45) is 0 Å². The summed E-state index contributed by atoms with van der Waals surface area (Å²) in [5, 5.41) is 12.9. The zero-order valence-electron chi connectivity index (χ0n) is 9.93. The molecule has 18 heavy (non-hydrogen) atoms. The highest BCUT2D eigenvalue weighted by Gasteiger charge is 2.08. The summed E-state index contributed by atoms with van der Waals surface area (Å²) in [5.74, 6) is -1.14. The molecule has 0 amide bonds. The second kappa shape index (κ2) is 5.00. The molecule has 1 aromatic carbocycles. The molecule has 5 heteroatoms. The number of aromatic nitrogens is 2. The molecule has 2 rings (SSSR count). The average molecular weight is 248 g/mol. The van der Waals surface area contributed by atoms with Gasteiger partial charge in [-0.15, -0.1) is 0 Å². The second-order valence-corrected chi connectivity index (χ2v) is 4.04. The molecule has 0 spiro atoms. The first kappa shape index (κ1) is 12.3. The Morgan fingerprint density at radius 3 is 2.67 bits per heavy atom. The molecule has 0 aliphatic rings. The summed E-state index contributed by atoms with van der Waals surface area (Å²) >= 11 is 0. The minimum Gasteiger partial charge on any atom is -0.481 e.